The molecule has 15 heavy (non-hydrogen) atoms. The number of carbonyl (C=O) groups excluding carboxylic acids is 1. The predicted molar refractivity (Wildman–Crippen MR) is 50.7 cm³/mol. The van der Waals surface area contributed by atoms with Crippen molar-refractivity contribution in [3.05, 3.63) is 34.1 Å². The monoisotopic (exact) mass is 206 g/mol. The summed E-state index contributed by atoms with van der Waals surface area (Å²) in [6, 6.07) is 4.36. The van der Waals surface area contributed by atoms with Crippen molar-refractivity contribution in [2.75, 3.05) is 0 Å². The molecule has 76 valence electrons. The molecule has 0 unspecified atom stereocenters. The molecule has 6 heteroatoms. The number of Topliss-reactive ketones (excluding diaryl/α,β-unsaturated/α-hetero) is 1. The molecule has 0 fully saturated rings. The van der Waals surface area contributed by atoms with E-state index in [2.05, 4.69) is 5.16 Å². The largest absolute Gasteiger partial charge is 0.352 e. The molecule has 0 aliphatic rings. The number of carbonyl (C=O) groups is 1. The minimum atomic E-state index is -0.564. The van der Waals surface area contributed by atoms with Gasteiger partial charge < -0.3 is 4.52 Å². The van der Waals surface area contributed by atoms with Crippen molar-refractivity contribution >= 4 is 22.4 Å². The molecule has 0 radical (unpaired) electrons. The van der Waals surface area contributed by atoms with Crippen molar-refractivity contribution in [2.45, 2.75) is 6.92 Å². The second-order valence-corrected chi connectivity index (χ2v) is 3.00. The SMILES string of the molecule is CC(=O)c1onc2cccc([N+](=O)[O-])c12. The van der Waals surface area contributed by atoms with E-state index in [1.165, 1.54) is 19.1 Å². The van der Waals surface area contributed by atoms with Crippen LogP contribution < -0.4 is 0 Å². The zero-order chi connectivity index (χ0) is 11.0. The molecule has 0 atom stereocenters. The number of aromatic nitrogens is 1. The highest BCUT2D eigenvalue weighted by molar-refractivity contribution is 6.07. The lowest BCUT2D eigenvalue weighted by atomic mass is 10.1. The number of nitrogens with zero attached hydrogens (tertiary/aromatic N) is 2. The Bertz CT molecular complexity index is 558. The second kappa shape index (κ2) is 3.16. The predicted octanol–water partition coefficient (Wildman–Crippen LogP) is 1.94. The van der Waals surface area contributed by atoms with Crippen LogP contribution in [0.4, 0.5) is 5.69 Å². The molecule has 2 rings (SSSR count). The summed E-state index contributed by atoms with van der Waals surface area (Å²) >= 11 is 0. The maximum Gasteiger partial charge on any atom is 0.282 e. The lowest BCUT2D eigenvalue weighted by Crippen LogP contribution is -1.93. The molecule has 6 nitrogen and oxygen atoms in total. The first-order valence-corrected chi connectivity index (χ1v) is 4.15. The van der Waals surface area contributed by atoms with Crippen molar-refractivity contribution < 1.29 is 14.2 Å². The molecule has 0 aliphatic heterocycles. The fourth-order valence-corrected chi connectivity index (χ4v) is 1.37. The number of fused-ring (bicyclic) bond motifs is 1. The van der Waals surface area contributed by atoms with Crippen LogP contribution >= 0.6 is 0 Å². The normalized spacial score (nSPS) is 10.5. The number of benzene rings is 1. The summed E-state index contributed by atoms with van der Waals surface area (Å²) in [4.78, 5) is 21.3. The maximum absolute atomic E-state index is 11.1. The van der Waals surface area contributed by atoms with Crippen LogP contribution in [-0.2, 0) is 0 Å². The fourth-order valence-electron chi connectivity index (χ4n) is 1.37. The summed E-state index contributed by atoms with van der Waals surface area (Å²) in [7, 11) is 0. The van der Waals surface area contributed by atoms with Crippen molar-refractivity contribution in [1.29, 1.82) is 0 Å². The van der Waals surface area contributed by atoms with Gasteiger partial charge in [0.1, 0.15) is 10.9 Å². The van der Waals surface area contributed by atoms with E-state index in [4.69, 9.17) is 4.52 Å². The topological polar surface area (TPSA) is 86.2 Å². The zero-order valence-electron chi connectivity index (χ0n) is 7.76. The van der Waals surface area contributed by atoms with E-state index < -0.39 is 4.92 Å². The highest BCUT2D eigenvalue weighted by atomic mass is 16.6. The molecular formula is C9H6N2O4. The number of nitro benzene ring substituents is 1. The lowest BCUT2D eigenvalue weighted by molar-refractivity contribution is -0.383. The van der Waals surface area contributed by atoms with Gasteiger partial charge in [-0.25, -0.2) is 0 Å². The van der Waals surface area contributed by atoms with E-state index in [1.54, 1.807) is 6.07 Å². The Hall–Kier alpha value is -2.24. The summed E-state index contributed by atoms with van der Waals surface area (Å²) in [5.41, 5.74) is 0.147. The molecule has 0 N–H and O–H groups in total. The van der Waals surface area contributed by atoms with Crippen LogP contribution in [0.25, 0.3) is 10.9 Å². The number of nitro groups is 1. The molecule has 0 amide bonds. The van der Waals surface area contributed by atoms with Crippen LogP contribution in [0.2, 0.25) is 0 Å². The van der Waals surface area contributed by atoms with Crippen molar-refractivity contribution in [2.24, 2.45) is 0 Å². The van der Waals surface area contributed by atoms with Gasteiger partial charge in [0, 0.05) is 13.0 Å². The molecule has 0 bridgehead atoms. The third-order valence-electron chi connectivity index (χ3n) is 2.00. The third-order valence-corrected chi connectivity index (χ3v) is 2.00. The second-order valence-electron chi connectivity index (χ2n) is 3.00. The minimum absolute atomic E-state index is 0.0719. The molecule has 2 aromatic rings. The maximum atomic E-state index is 11.1. The third kappa shape index (κ3) is 1.35. The number of non-ortho nitro benzene ring substituents is 1. The molecule has 1 heterocycles. The minimum Gasteiger partial charge on any atom is -0.352 e. The van der Waals surface area contributed by atoms with Crippen LogP contribution in [-0.4, -0.2) is 15.9 Å². The summed E-state index contributed by atoms with van der Waals surface area (Å²) in [5, 5.41) is 14.5. The van der Waals surface area contributed by atoms with Gasteiger partial charge in [-0.1, -0.05) is 11.2 Å². The molecule has 1 aromatic heterocycles. The van der Waals surface area contributed by atoms with E-state index in [-0.39, 0.29) is 22.6 Å². The van der Waals surface area contributed by atoms with Gasteiger partial charge in [-0.05, 0) is 6.07 Å². The average molecular weight is 206 g/mol. The fraction of sp³-hybridized carbons (Fsp3) is 0.111. The van der Waals surface area contributed by atoms with E-state index in [0.29, 0.717) is 5.52 Å². The molecule has 1 aromatic carbocycles. The summed E-state index contributed by atoms with van der Waals surface area (Å²) in [5.74, 6) is -0.455. The van der Waals surface area contributed by atoms with E-state index in [9.17, 15) is 14.9 Å². The molecule has 0 saturated heterocycles. The quantitative estimate of drug-likeness (QED) is 0.425. The summed E-state index contributed by atoms with van der Waals surface area (Å²) in [6.07, 6.45) is 0. The smallest absolute Gasteiger partial charge is 0.282 e. The Morgan fingerprint density at radius 3 is 2.87 bits per heavy atom. The molecule has 0 aliphatic carbocycles. The van der Waals surface area contributed by atoms with Crippen LogP contribution in [0.5, 0.6) is 0 Å². The Morgan fingerprint density at radius 1 is 1.53 bits per heavy atom. The number of hydrogen-bond donors (Lipinski definition) is 0. The summed E-state index contributed by atoms with van der Waals surface area (Å²) < 4.78 is 4.76. The van der Waals surface area contributed by atoms with Gasteiger partial charge in [0.25, 0.3) is 5.69 Å². The van der Waals surface area contributed by atoms with Gasteiger partial charge in [-0.15, -0.1) is 0 Å². The number of hydrogen-bond acceptors (Lipinski definition) is 5. The van der Waals surface area contributed by atoms with E-state index in [0.717, 1.165) is 0 Å². The highest BCUT2D eigenvalue weighted by Gasteiger charge is 2.22. The van der Waals surface area contributed by atoms with Gasteiger partial charge in [0.15, 0.2) is 5.78 Å². The first-order chi connectivity index (χ1) is 7.11. The molecular weight excluding hydrogens is 200 g/mol. The van der Waals surface area contributed by atoms with Crippen molar-refractivity contribution in [1.82, 2.24) is 5.16 Å². The van der Waals surface area contributed by atoms with E-state index in [1.807, 2.05) is 0 Å². The number of ketones is 1. The zero-order valence-corrected chi connectivity index (χ0v) is 7.76. The van der Waals surface area contributed by atoms with Gasteiger partial charge in [0.2, 0.25) is 5.76 Å². The van der Waals surface area contributed by atoms with Gasteiger partial charge >= 0.3 is 0 Å². The van der Waals surface area contributed by atoms with Gasteiger partial charge in [0.05, 0.1) is 4.92 Å². The van der Waals surface area contributed by atoms with Crippen LogP contribution in [0.15, 0.2) is 22.7 Å². The Kier molecular flexibility index (Phi) is 1.96. The average Bonchev–Trinajstić information content (AvgIpc) is 2.60. The number of rotatable bonds is 2. The van der Waals surface area contributed by atoms with Gasteiger partial charge in [-0.3, -0.25) is 14.9 Å². The van der Waals surface area contributed by atoms with Crippen molar-refractivity contribution in [3.63, 3.8) is 0 Å². The Labute approximate surface area is 83.6 Å². The van der Waals surface area contributed by atoms with Crippen LogP contribution in [0.1, 0.15) is 17.5 Å². The molecule has 0 saturated carbocycles. The Morgan fingerprint density at radius 2 is 2.27 bits per heavy atom. The van der Waals surface area contributed by atoms with Crippen LogP contribution in [0.3, 0.4) is 0 Å². The van der Waals surface area contributed by atoms with E-state index >= 15 is 0 Å². The highest BCUT2D eigenvalue weighted by Crippen LogP contribution is 2.28. The first kappa shape index (κ1) is 9.32. The van der Waals surface area contributed by atoms with Crippen LogP contribution in [0, 0.1) is 10.1 Å². The standard InChI is InChI=1S/C9H6N2O4/c1-5(12)9-8-6(10-15-9)3-2-4-7(8)11(13)14/h2-4H,1H3. The lowest BCUT2D eigenvalue weighted by Gasteiger charge is -1.92. The van der Waals surface area contributed by atoms with Crippen molar-refractivity contribution in [3.8, 4) is 0 Å². The Balaban J connectivity index is 2.86. The first-order valence-electron chi connectivity index (χ1n) is 4.15. The molecule has 0 spiro atoms. The van der Waals surface area contributed by atoms with Gasteiger partial charge in [-0.2, -0.15) is 0 Å². The summed E-state index contributed by atoms with van der Waals surface area (Å²) in [6.45, 7) is 1.27.